The van der Waals surface area contributed by atoms with E-state index in [1.54, 1.807) is 17.0 Å². The molecule has 4 rings (SSSR count). The Morgan fingerprint density at radius 3 is 2.23 bits per heavy atom. The van der Waals surface area contributed by atoms with E-state index in [0.29, 0.717) is 12.5 Å². The van der Waals surface area contributed by atoms with E-state index in [2.05, 4.69) is 19.2 Å². The molecular formula is C27H41N3O5. The average Bonchev–Trinajstić information content (AvgIpc) is 3.27. The number of hydrogen-bond donors (Lipinski definition) is 3. The molecule has 3 amide bonds. The van der Waals surface area contributed by atoms with E-state index in [9.17, 15) is 19.5 Å². The number of amides is 3. The number of hydrogen-bond acceptors (Lipinski definition) is 5. The van der Waals surface area contributed by atoms with E-state index >= 15 is 0 Å². The largest absolute Gasteiger partial charge is 0.508 e. The number of piperidine rings is 1. The summed E-state index contributed by atoms with van der Waals surface area (Å²) in [6.07, 6.45) is 5.99. The van der Waals surface area contributed by atoms with E-state index in [0.717, 1.165) is 64.6 Å². The van der Waals surface area contributed by atoms with Crippen LogP contribution >= 0.6 is 0 Å². The minimum absolute atomic E-state index is 0.0216. The molecule has 8 heteroatoms. The summed E-state index contributed by atoms with van der Waals surface area (Å²) < 4.78 is 0. The molecule has 194 valence electrons. The van der Waals surface area contributed by atoms with Crippen molar-refractivity contribution in [2.45, 2.75) is 77.4 Å². The normalized spacial score (nSPS) is 28.0. The number of carbonyl (C=O) groups is 3. The van der Waals surface area contributed by atoms with Gasteiger partial charge in [0.05, 0.1) is 12.0 Å². The highest BCUT2D eigenvalue weighted by molar-refractivity contribution is 5.80. The SMILES string of the molecule is CC(=O)N1CCC(O)C1.CC1(C)CN(C(=O)C2CCCCC2NC=O)CCC1c1ccc(O)cc1. The smallest absolute Gasteiger partial charge is 0.227 e. The number of aromatic hydroxyl groups is 1. The number of phenolic OH excluding ortho intramolecular Hbond substituents is 1. The third-order valence-corrected chi connectivity index (χ3v) is 7.81. The Hall–Kier alpha value is -2.61. The number of benzene rings is 1. The number of aliphatic hydroxyl groups excluding tert-OH is 1. The van der Waals surface area contributed by atoms with Gasteiger partial charge in [-0.1, -0.05) is 38.8 Å². The third-order valence-electron chi connectivity index (χ3n) is 7.81. The summed E-state index contributed by atoms with van der Waals surface area (Å²) in [5.41, 5.74) is 1.19. The molecule has 3 aliphatic rings. The van der Waals surface area contributed by atoms with Gasteiger partial charge in [-0.05, 0) is 54.7 Å². The molecule has 2 heterocycles. The molecule has 0 bridgehead atoms. The van der Waals surface area contributed by atoms with Crippen LogP contribution in [0.15, 0.2) is 24.3 Å². The molecule has 0 spiro atoms. The van der Waals surface area contributed by atoms with Crippen molar-refractivity contribution in [1.82, 2.24) is 15.1 Å². The quantitative estimate of drug-likeness (QED) is 0.566. The Morgan fingerprint density at radius 2 is 1.69 bits per heavy atom. The van der Waals surface area contributed by atoms with Crippen molar-refractivity contribution >= 4 is 18.2 Å². The van der Waals surface area contributed by atoms with Gasteiger partial charge in [-0.25, -0.2) is 0 Å². The Balaban J connectivity index is 0.000000320. The Labute approximate surface area is 208 Å². The first-order valence-electron chi connectivity index (χ1n) is 12.8. The van der Waals surface area contributed by atoms with Gasteiger partial charge < -0.3 is 25.3 Å². The van der Waals surface area contributed by atoms with Crippen molar-refractivity contribution < 1.29 is 24.6 Å². The number of rotatable bonds is 4. The number of carbonyl (C=O) groups excluding carboxylic acids is 3. The first-order valence-corrected chi connectivity index (χ1v) is 12.8. The maximum atomic E-state index is 13.2. The average molecular weight is 488 g/mol. The molecule has 0 aromatic heterocycles. The molecule has 4 atom stereocenters. The van der Waals surface area contributed by atoms with E-state index < -0.39 is 0 Å². The zero-order chi connectivity index (χ0) is 25.6. The summed E-state index contributed by atoms with van der Waals surface area (Å²) in [4.78, 5) is 38.3. The van der Waals surface area contributed by atoms with Gasteiger partial charge in [0.15, 0.2) is 0 Å². The second-order valence-electron chi connectivity index (χ2n) is 10.9. The fourth-order valence-corrected chi connectivity index (χ4v) is 5.85. The highest BCUT2D eigenvalue weighted by Gasteiger charge is 2.41. The molecule has 8 nitrogen and oxygen atoms in total. The van der Waals surface area contributed by atoms with Gasteiger partial charge in [0.1, 0.15) is 5.75 Å². The minimum atomic E-state index is -0.283. The molecule has 1 aliphatic carbocycles. The van der Waals surface area contributed by atoms with Gasteiger partial charge in [0.2, 0.25) is 18.2 Å². The van der Waals surface area contributed by atoms with Crippen molar-refractivity contribution in [3.05, 3.63) is 29.8 Å². The standard InChI is InChI=1S/C21H30N2O3.C6H11NO2/c1-21(2)13-23(12-11-18(21)15-7-9-16(25)10-8-15)20(26)17-5-3-4-6-19(17)22-14-24;1-5(8)7-3-2-6(9)4-7/h7-10,14,17-19,25H,3-6,11-13H2,1-2H3,(H,22,24);6,9H,2-4H2,1H3. The molecule has 1 saturated carbocycles. The number of nitrogens with one attached hydrogen (secondary N) is 1. The zero-order valence-corrected chi connectivity index (χ0v) is 21.3. The van der Waals surface area contributed by atoms with Crippen LogP contribution in [-0.4, -0.2) is 76.6 Å². The second kappa shape index (κ2) is 11.9. The van der Waals surface area contributed by atoms with Gasteiger partial charge in [0, 0.05) is 39.1 Å². The summed E-state index contributed by atoms with van der Waals surface area (Å²) in [5, 5.41) is 21.3. The molecule has 1 aromatic rings. The monoisotopic (exact) mass is 487 g/mol. The predicted molar refractivity (Wildman–Crippen MR) is 134 cm³/mol. The van der Waals surface area contributed by atoms with Crippen LogP contribution in [0.1, 0.15) is 70.8 Å². The van der Waals surface area contributed by atoms with Crippen LogP contribution in [0.5, 0.6) is 5.75 Å². The van der Waals surface area contributed by atoms with Crippen LogP contribution in [-0.2, 0) is 14.4 Å². The van der Waals surface area contributed by atoms with Gasteiger partial charge in [-0.2, -0.15) is 0 Å². The van der Waals surface area contributed by atoms with Crippen molar-refractivity contribution in [1.29, 1.82) is 0 Å². The molecular weight excluding hydrogens is 446 g/mol. The number of β-amino-alcohol motifs (C(OH)–C–C–N with tert-alkyl or cyclic N) is 1. The predicted octanol–water partition coefficient (Wildman–Crippen LogP) is 2.64. The molecule has 3 N–H and O–H groups in total. The fraction of sp³-hybridized carbons (Fsp3) is 0.667. The topological polar surface area (TPSA) is 110 Å². The summed E-state index contributed by atoms with van der Waals surface area (Å²) in [6, 6.07) is 7.43. The van der Waals surface area contributed by atoms with Crippen LogP contribution in [0.25, 0.3) is 0 Å². The van der Waals surface area contributed by atoms with Gasteiger partial charge in [0.25, 0.3) is 0 Å². The molecule has 0 radical (unpaired) electrons. The highest BCUT2D eigenvalue weighted by atomic mass is 16.3. The maximum absolute atomic E-state index is 13.2. The summed E-state index contributed by atoms with van der Waals surface area (Å²) in [7, 11) is 0. The van der Waals surface area contributed by atoms with Crippen LogP contribution in [0.4, 0.5) is 0 Å². The van der Waals surface area contributed by atoms with Gasteiger partial charge in [-0.3, -0.25) is 14.4 Å². The van der Waals surface area contributed by atoms with Crippen molar-refractivity contribution in [2.75, 3.05) is 26.2 Å². The Morgan fingerprint density at radius 1 is 1.03 bits per heavy atom. The van der Waals surface area contributed by atoms with Gasteiger partial charge in [-0.15, -0.1) is 0 Å². The highest BCUT2D eigenvalue weighted by Crippen LogP contribution is 2.43. The lowest BCUT2D eigenvalue weighted by atomic mass is 9.70. The molecule has 2 aliphatic heterocycles. The van der Waals surface area contributed by atoms with E-state index in [1.807, 2.05) is 17.0 Å². The lowest BCUT2D eigenvalue weighted by Gasteiger charge is -2.46. The lowest BCUT2D eigenvalue weighted by Crippen LogP contribution is -2.53. The molecule has 4 unspecified atom stereocenters. The Bertz CT molecular complexity index is 872. The number of phenols is 1. The third kappa shape index (κ3) is 6.97. The van der Waals surface area contributed by atoms with Crippen LogP contribution in [0.3, 0.4) is 0 Å². The van der Waals surface area contributed by atoms with Crippen molar-refractivity contribution in [3.8, 4) is 5.75 Å². The fourth-order valence-electron chi connectivity index (χ4n) is 5.85. The second-order valence-corrected chi connectivity index (χ2v) is 10.9. The summed E-state index contributed by atoms with van der Waals surface area (Å²) in [5.74, 6) is 0.815. The van der Waals surface area contributed by atoms with Crippen molar-refractivity contribution in [2.24, 2.45) is 11.3 Å². The maximum Gasteiger partial charge on any atom is 0.227 e. The first kappa shape index (κ1) is 27.0. The molecule has 1 aromatic carbocycles. The molecule has 35 heavy (non-hydrogen) atoms. The van der Waals surface area contributed by atoms with Crippen molar-refractivity contribution in [3.63, 3.8) is 0 Å². The Kier molecular flexibility index (Phi) is 9.16. The number of aliphatic hydroxyl groups is 1. The van der Waals surface area contributed by atoms with Crippen LogP contribution < -0.4 is 5.32 Å². The summed E-state index contributed by atoms with van der Waals surface area (Å²) in [6.45, 7) is 8.67. The first-order chi connectivity index (χ1) is 16.6. The number of likely N-dealkylation sites (tertiary alicyclic amines) is 2. The summed E-state index contributed by atoms with van der Waals surface area (Å²) >= 11 is 0. The zero-order valence-electron chi connectivity index (χ0n) is 21.3. The molecule has 3 fully saturated rings. The van der Waals surface area contributed by atoms with E-state index in [4.69, 9.17) is 5.11 Å². The molecule has 2 saturated heterocycles. The number of nitrogens with zero attached hydrogens (tertiary/aromatic N) is 2. The lowest BCUT2D eigenvalue weighted by molar-refractivity contribution is -0.141. The van der Waals surface area contributed by atoms with Crippen LogP contribution in [0.2, 0.25) is 0 Å². The minimum Gasteiger partial charge on any atom is -0.508 e. The van der Waals surface area contributed by atoms with E-state index in [-0.39, 0.29) is 41.0 Å². The van der Waals surface area contributed by atoms with E-state index in [1.165, 1.54) is 12.5 Å². The van der Waals surface area contributed by atoms with Gasteiger partial charge >= 0.3 is 0 Å². The van der Waals surface area contributed by atoms with Crippen LogP contribution in [0, 0.1) is 11.3 Å².